The van der Waals surface area contributed by atoms with Gasteiger partial charge in [-0.2, -0.15) is 0 Å². The second-order valence-corrected chi connectivity index (χ2v) is 10.1. The highest BCUT2D eigenvalue weighted by Crippen LogP contribution is 2.16. The molecule has 34 heavy (non-hydrogen) atoms. The van der Waals surface area contributed by atoms with Gasteiger partial charge in [-0.25, -0.2) is 0 Å². The zero-order chi connectivity index (χ0) is 24.5. The molecule has 0 aliphatic heterocycles. The van der Waals surface area contributed by atoms with Crippen LogP contribution in [-0.4, -0.2) is 0 Å². The molecule has 0 N–H and O–H groups in total. The third kappa shape index (κ3) is 17.0. The molecule has 0 bridgehead atoms. The Balaban J connectivity index is 0.000000342. The molecule has 0 atom stereocenters. The summed E-state index contributed by atoms with van der Waals surface area (Å²) >= 11 is 0. The van der Waals surface area contributed by atoms with Crippen LogP contribution in [0.2, 0.25) is 0 Å². The molecule has 2 rings (SSSR count). The van der Waals surface area contributed by atoms with E-state index >= 15 is 0 Å². The molecule has 0 heteroatoms. The third-order valence-corrected chi connectivity index (χ3v) is 6.88. The first-order valence-corrected chi connectivity index (χ1v) is 14.9. The molecule has 0 spiro atoms. The van der Waals surface area contributed by atoms with Crippen LogP contribution in [0.5, 0.6) is 0 Å². The van der Waals surface area contributed by atoms with Crippen molar-refractivity contribution in [2.75, 3.05) is 0 Å². The van der Waals surface area contributed by atoms with Crippen molar-refractivity contribution in [2.45, 2.75) is 143 Å². The zero-order valence-electron chi connectivity index (χ0n) is 23.1. The fourth-order valence-corrected chi connectivity index (χ4v) is 4.64. The van der Waals surface area contributed by atoms with E-state index in [-0.39, 0.29) is 0 Å². The summed E-state index contributed by atoms with van der Waals surface area (Å²) in [6, 6.07) is 19.9. The standard InChI is InChI=1S/C18H30.C16H26/c1-2-3-4-5-6-7-8-9-10-12-15-18-16-13-11-14-17-18;1-3-5-7-11-15-13-9-10-14-16(15)12-8-6-4-2/h11,13-14,16-17H,2-10,12,15H2,1H3;9-10,13-14H,3-8,11-12H2,1-2H3. The Bertz CT molecular complexity index is 628. The number of unbranched alkanes of at least 4 members (excludes halogenated alkanes) is 13. The van der Waals surface area contributed by atoms with Gasteiger partial charge in [0, 0.05) is 0 Å². The second-order valence-electron chi connectivity index (χ2n) is 10.1. The molecular weight excluding hydrogens is 408 g/mol. The Morgan fingerprint density at radius 2 is 0.706 bits per heavy atom. The molecule has 0 saturated heterocycles. The van der Waals surface area contributed by atoms with Crippen LogP contribution >= 0.6 is 0 Å². The Morgan fingerprint density at radius 3 is 1.18 bits per heavy atom. The SMILES string of the molecule is CCCCCCCCCCCCc1ccccc1.CCCCCc1ccccc1CCCCC. The average Bonchev–Trinajstić information content (AvgIpc) is 2.87. The normalized spacial score (nSPS) is 10.7. The quantitative estimate of drug-likeness (QED) is 0.181. The van der Waals surface area contributed by atoms with E-state index in [4.69, 9.17) is 0 Å². The van der Waals surface area contributed by atoms with Crippen molar-refractivity contribution in [1.82, 2.24) is 0 Å². The molecule has 0 unspecified atom stereocenters. The minimum Gasteiger partial charge on any atom is -0.0654 e. The highest BCUT2D eigenvalue weighted by Gasteiger charge is 2.01. The number of hydrogen-bond donors (Lipinski definition) is 0. The number of rotatable bonds is 19. The summed E-state index contributed by atoms with van der Waals surface area (Å²) < 4.78 is 0. The number of aryl methyl sites for hydroxylation is 3. The minimum absolute atomic E-state index is 1.26. The van der Waals surface area contributed by atoms with Crippen molar-refractivity contribution < 1.29 is 0 Å². The summed E-state index contributed by atoms with van der Waals surface area (Å²) in [5, 5.41) is 0. The van der Waals surface area contributed by atoms with E-state index in [1.165, 1.54) is 128 Å². The summed E-state index contributed by atoms with van der Waals surface area (Å²) in [7, 11) is 0. The fraction of sp³-hybridized carbons (Fsp3) is 0.647. The molecule has 0 nitrogen and oxygen atoms in total. The van der Waals surface area contributed by atoms with E-state index < -0.39 is 0 Å². The van der Waals surface area contributed by atoms with Crippen LogP contribution in [0, 0.1) is 0 Å². The van der Waals surface area contributed by atoms with Gasteiger partial charge in [-0.1, -0.05) is 159 Å². The Hall–Kier alpha value is -1.56. The van der Waals surface area contributed by atoms with Gasteiger partial charge in [-0.15, -0.1) is 0 Å². The van der Waals surface area contributed by atoms with E-state index in [0.29, 0.717) is 0 Å². The second kappa shape index (κ2) is 23.2. The molecule has 0 amide bonds. The van der Waals surface area contributed by atoms with Crippen molar-refractivity contribution in [1.29, 1.82) is 0 Å². The smallest absolute Gasteiger partial charge is 0.0276 e. The van der Waals surface area contributed by atoms with Crippen molar-refractivity contribution in [3.63, 3.8) is 0 Å². The van der Waals surface area contributed by atoms with Crippen LogP contribution in [0.3, 0.4) is 0 Å². The first-order valence-electron chi connectivity index (χ1n) is 14.9. The maximum Gasteiger partial charge on any atom is -0.0276 e. The highest BCUT2D eigenvalue weighted by atomic mass is 14.1. The highest BCUT2D eigenvalue weighted by molar-refractivity contribution is 5.27. The van der Waals surface area contributed by atoms with Gasteiger partial charge < -0.3 is 0 Å². The summed E-state index contributed by atoms with van der Waals surface area (Å²) in [4.78, 5) is 0. The lowest BCUT2D eigenvalue weighted by Crippen LogP contribution is -1.94. The summed E-state index contributed by atoms with van der Waals surface area (Å²) in [5.74, 6) is 0. The first-order chi connectivity index (χ1) is 16.8. The molecule has 0 radical (unpaired) electrons. The van der Waals surface area contributed by atoms with Crippen molar-refractivity contribution in [2.24, 2.45) is 0 Å². The minimum atomic E-state index is 1.26. The maximum atomic E-state index is 2.32. The van der Waals surface area contributed by atoms with Crippen LogP contribution in [0.4, 0.5) is 0 Å². The molecule has 0 saturated carbocycles. The van der Waals surface area contributed by atoms with Gasteiger partial charge in [0.25, 0.3) is 0 Å². The van der Waals surface area contributed by atoms with Crippen LogP contribution in [-0.2, 0) is 19.3 Å². The van der Waals surface area contributed by atoms with Gasteiger partial charge in [0.1, 0.15) is 0 Å². The molecule has 0 aliphatic rings. The summed E-state index contributed by atoms with van der Waals surface area (Å²) in [5.41, 5.74) is 4.68. The van der Waals surface area contributed by atoms with E-state index in [1.807, 2.05) is 0 Å². The van der Waals surface area contributed by atoms with Gasteiger partial charge in [-0.3, -0.25) is 0 Å². The molecule has 0 fully saturated rings. The van der Waals surface area contributed by atoms with Gasteiger partial charge in [0.2, 0.25) is 0 Å². The topological polar surface area (TPSA) is 0 Å². The van der Waals surface area contributed by atoms with Crippen molar-refractivity contribution >= 4 is 0 Å². The Morgan fingerprint density at radius 1 is 0.353 bits per heavy atom. The largest absolute Gasteiger partial charge is 0.0654 e. The van der Waals surface area contributed by atoms with Gasteiger partial charge in [-0.05, 0) is 55.2 Å². The molecule has 0 aliphatic carbocycles. The van der Waals surface area contributed by atoms with Gasteiger partial charge in [0.15, 0.2) is 0 Å². The lowest BCUT2D eigenvalue weighted by Gasteiger charge is -2.08. The lowest BCUT2D eigenvalue weighted by atomic mass is 9.97. The Labute approximate surface area is 214 Å². The lowest BCUT2D eigenvalue weighted by molar-refractivity contribution is 0.556. The Kier molecular flexibility index (Phi) is 20.8. The number of benzene rings is 2. The van der Waals surface area contributed by atoms with E-state index in [1.54, 1.807) is 11.1 Å². The van der Waals surface area contributed by atoms with Crippen LogP contribution < -0.4 is 0 Å². The van der Waals surface area contributed by atoms with E-state index in [0.717, 1.165) is 0 Å². The summed E-state index contributed by atoms with van der Waals surface area (Å²) in [6.07, 6.45) is 26.1. The molecule has 0 aromatic heterocycles. The predicted octanol–water partition coefficient (Wildman–Crippen LogP) is 11.3. The van der Waals surface area contributed by atoms with Crippen molar-refractivity contribution in [3.05, 3.63) is 71.3 Å². The van der Waals surface area contributed by atoms with Crippen molar-refractivity contribution in [3.8, 4) is 0 Å². The van der Waals surface area contributed by atoms with E-state index in [2.05, 4.69) is 75.4 Å². The van der Waals surface area contributed by atoms with Crippen LogP contribution in [0.25, 0.3) is 0 Å². The molecule has 192 valence electrons. The summed E-state index contributed by atoms with van der Waals surface area (Å²) in [6.45, 7) is 6.83. The van der Waals surface area contributed by atoms with Gasteiger partial charge >= 0.3 is 0 Å². The fourth-order valence-electron chi connectivity index (χ4n) is 4.64. The number of hydrogen-bond acceptors (Lipinski definition) is 0. The molecule has 0 heterocycles. The maximum absolute atomic E-state index is 2.32. The van der Waals surface area contributed by atoms with Crippen LogP contribution in [0.15, 0.2) is 54.6 Å². The van der Waals surface area contributed by atoms with E-state index in [9.17, 15) is 0 Å². The molecular formula is C34H56. The predicted molar refractivity (Wildman–Crippen MR) is 155 cm³/mol. The third-order valence-electron chi connectivity index (χ3n) is 6.88. The first kappa shape index (κ1) is 30.5. The molecule has 2 aromatic rings. The average molecular weight is 465 g/mol. The zero-order valence-corrected chi connectivity index (χ0v) is 23.1. The monoisotopic (exact) mass is 464 g/mol. The van der Waals surface area contributed by atoms with Gasteiger partial charge in [0.05, 0.1) is 0 Å². The molecule has 2 aromatic carbocycles. The van der Waals surface area contributed by atoms with Crippen LogP contribution in [0.1, 0.15) is 140 Å².